The van der Waals surface area contributed by atoms with Gasteiger partial charge in [-0.2, -0.15) is 5.10 Å². The first kappa shape index (κ1) is 15.7. The maximum absolute atomic E-state index is 12.1. The summed E-state index contributed by atoms with van der Waals surface area (Å²) >= 11 is 3.32. The minimum absolute atomic E-state index is 0.168. The van der Waals surface area contributed by atoms with Gasteiger partial charge in [-0.15, -0.1) is 0 Å². The van der Waals surface area contributed by atoms with E-state index < -0.39 is 0 Å². The van der Waals surface area contributed by atoms with Crippen molar-refractivity contribution in [2.24, 2.45) is 0 Å². The molecule has 0 aliphatic heterocycles. The summed E-state index contributed by atoms with van der Waals surface area (Å²) < 4.78 is 6.81. The van der Waals surface area contributed by atoms with Crippen molar-refractivity contribution in [1.82, 2.24) is 14.8 Å². The second kappa shape index (κ2) is 7.90. The molecule has 0 radical (unpaired) electrons. The zero-order valence-corrected chi connectivity index (χ0v) is 13.3. The van der Waals surface area contributed by atoms with Crippen LogP contribution in [0, 0.1) is 0 Å². The molecule has 0 bridgehead atoms. The van der Waals surface area contributed by atoms with Gasteiger partial charge in [0.1, 0.15) is 4.47 Å². The van der Waals surface area contributed by atoms with Crippen molar-refractivity contribution in [3.05, 3.63) is 51.1 Å². The summed E-state index contributed by atoms with van der Waals surface area (Å²) in [4.78, 5) is 16.1. The lowest BCUT2D eigenvalue weighted by atomic mass is 10.2. The number of anilines is 1. The number of hydrogen-bond acceptors (Lipinski definition) is 5. The van der Waals surface area contributed by atoms with Crippen molar-refractivity contribution in [1.29, 1.82) is 0 Å². The highest BCUT2D eigenvalue weighted by atomic mass is 79.9. The van der Waals surface area contributed by atoms with E-state index in [1.165, 1.54) is 4.68 Å². The fourth-order valence-electron chi connectivity index (χ4n) is 1.81. The van der Waals surface area contributed by atoms with Gasteiger partial charge in [-0.05, 0) is 34.0 Å². The van der Waals surface area contributed by atoms with Crippen LogP contribution in [0.2, 0.25) is 0 Å². The lowest BCUT2D eigenvalue weighted by molar-refractivity contribution is 0.181. The van der Waals surface area contributed by atoms with Gasteiger partial charge in [0.05, 0.1) is 25.0 Å². The smallest absolute Gasteiger partial charge is 0.283 e. The minimum atomic E-state index is -0.168. The van der Waals surface area contributed by atoms with Gasteiger partial charge < -0.3 is 10.1 Å². The van der Waals surface area contributed by atoms with Gasteiger partial charge in [0.2, 0.25) is 0 Å². The Morgan fingerprint density at radius 2 is 2.29 bits per heavy atom. The van der Waals surface area contributed by atoms with E-state index >= 15 is 0 Å². The molecule has 6 nitrogen and oxygen atoms in total. The number of hydrogen-bond donors (Lipinski definition) is 1. The highest BCUT2D eigenvalue weighted by Crippen LogP contribution is 2.16. The topological polar surface area (TPSA) is 69.0 Å². The maximum Gasteiger partial charge on any atom is 0.283 e. The normalized spacial score (nSPS) is 10.6. The molecule has 0 spiro atoms. The summed E-state index contributed by atoms with van der Waals surface area (Å²) in [5.74, 6) is 0. The van der Waals surface area contributed by atoms with E-state index in [-0.39, 0.29) is 5.56 Å². The van der Waals surface area contributed by atoms with Crippen LogP contribution < -0.4 is 10.9 Å². The molecule has 2 heterocycles. The predicted octanol–water partition coefficient (Wildman–Crippen LogP) is 1.70. The lowest BCUT2D eigenvalue weighted by Gasteiger charge is -2.10. The van der Waals surface area contributed by atoms with Crippen LogP contribution in [-0.2, 0) is 17.7 Å². The lowest BCUT2D eigenvalue weighted by Crippen LogP contribution is -2.26. The molecule has 21 heavy (non-hydrogen) atoms. The summed E-state index contributed by atoms with van der Waals surface area (Å²) in [7, 11) is 1.59. The summed E-state index contributed by atoms with van der Waals surface area (Å²) in [5, 5.41) is 7.33. The Balaban J connectivity index is 1.97. The predicted molar refractivity (Wildman–Crippen MR) is 84.5 cm³/mol. The number of methoxy groups -OCH3 is 1. The number of ether oxygens (including phenoxy) is 1. The van der Waals surface area contributed by atoms with Crippen LogP contribution in [0.15, 0.2) is 40.0 Å². The quantitative estimate of drug-likeness (QED) is 0.821. The SMILES string of the molecule is COCCn1ncc(NCCc2cccnc2)c(Br)c1=O. The van der Waals surface area contributed by atoms with Crippen molar-refractivity contribution in [3.8, 4) is 0 Å². The second-order valence-electron chi connectivity index (χ2n) is 4.43. The first-order chi connectivity index (χ1) is 10.2. The van der Waals surface area contributed by atoms with Crippen molar-refractivity contribution in [2.45, 2.75) is 13.0 Å². The molecule has 0 saturated carbocycles. The maximum atomic E-state index is 12.1. The molecule has 112 valence electrons. The molecule has 0 amide bonds. The van der Waals surface area contributed by atoms with Crippen LogP contribution in [0.3, 0.4) is 0 Å². The van der Waals surface area contributed by atoms with E-state index in [9.17, 15) is 4.79 Å². The Morgan fingerprint density at radius 3 is 3.00 bits per heavy atom. The third-order valence-electron chi connectivity index (χ3n) is 2.94. The number of rotatable bonds is 7. The number of nitrogens with one attached hydrogen (secondary N) is 1. The van der Waals surface area contributed by atoms with Crippen LogP contribution in [-0.4, -0.2) is 35.0 Å². The van der Waals surface area contributed by atoms with Crippen LogP contribution in [0.5, 0.6) is 0 Å². The van der Waals surface area contributed by atoms with Gasteiger partial charge in [0.25, 0.3) is 5.56 Å². The van der Waals surface area contributed by atoms with E-state index in [1.54, 1.807) is 19.5 Å². The highest BCUT2D eigenvalue weighted by Gasteiger charge is 2.08. The molecule has 0 saturated heterocycles. The zero-order valence-electron chi connectivity index (χ0n) is 11.8. The monoisotopic (exact) mass is 352 g/mol. The van der Waals surface area contributed by atoms with E-state index in [0.29, 0.717) is 29.9 Å². The van der Waals surface area contributed by atoms with Crippen LogP contribution in [0.25, 0.3) is 0 Å². The third-order valence-corrected chi connectivity index (χ3v) is 3.71. The standard InChI is InChI=1S/C14H17BrN4O2/c1-21-8-7-19-14(20)13(15)12(10-18-19)17-6-4-11-3-2-5-16-9-11/h2-3,5,9-10,17H,4,6-8H2,1H3. The Morgan fingerprint density at radius 1 is 1.43 bits per heavy atom. The number of aromatic nitrogens is 3. The fourth-order valence-corrected chi connectivity index (χ4v) is 2.26. The average molecular weight is 353 g/mol. The van der Waals surface area contributed by atoms with Crippen LogP contribution >= 0.6 is 15.9 Å². The summed E-state index contributed by atoms with van der Waals surface area (Å²) in [6, 6.07) is 3.93. The Hall–Kier alpha value is -1.73. The molecule has 2 rings (SSSR count). The molecule has 7 heteroatoms. The molecule has 0 aliphatic rings. The Bertz CT molecular complexity index is 631. The van der Waals surface area contributed by atoms with Gasteiger partial charge in [-0.25, -0.2) is 4.68 Å². The average Bonchev–Trinajstić information content (AvgIpc) is 2.52. The molecule has 2 aromatic rings. The van der Waals surface area contributed by atoms with Gasteiger partial charge >= 0.3 is 0 Å². The van der Waals surface area contributed by atoms with E-state index in [2.05, 4.69) is 31.3 Å². The first-order valence-corrected chi connectivity index (χ1v) is 7.39. The van der Waals surface area contributed by atoms with Crippen molar-refractivity contribution in [2.75, 3.05) is 25.6 Å². The number of nitrogens with zero attached hydrogens (tertiary/aromatic N) is 3. The van der Waals surface area contributed by atoms with Crippen molar-refractivity contribution >= 4 is 21.6 Å². The van der Waals surface area contributed by atoms with E-state index in [1.807, 2.05) is 18.3 Å². The van der Waals surface area contributed by atoms with Crippen molar-refractivity contribution < 1.29 is 4.74 Å². The van der Waals surface area contributed by atoms with Crippen LogP contribution in [0.1, 0.15) is 5.56 Å². The van der Waals surface area contributed by atoms with E-state index in [4.69, 9.17) is 4.74 Å². The highest BCUT2D eigenvalue weighted by molar-refractivity contribution is 9.10. The molecule has 2 aromatic heterocycles. The van der Waals surface area contributed by atoms with Gasteiger partial charge in [-0.3, -0.25) is 9.78 Å². The summed E-state index contributed by atoms with van der Waals surface area (Å²) in [6.07, 6.45) is 6.05. The molecular formula is C14H17BrN4O2. The Kier molecular flexibility index (Phi) is 5.89. The third kappa shape index (κ3) is 4.37. The van der Waals surface area contributed by atoms with Gasteiger partial charge in [0, 0.05) is 26.0 Å². The summed E-state index contributed by atoms with van der Waals surface area (Å²) in [5.41, 5.74) is 1.67. The molecule has 0 atom stereocenters. The van der Waals surface area contributed by atoms with E-state index in [0.717, 1.165) is 12.0 Å². The first-order valence-electron chi connectivity index (χ1n) is 6.59. The summed E-state index contributed by atoms with van der Waals surface area (Å²) in [6.45, 7) is 1.59. The minimum Gasteiger partial charge on any atom is -0.383 e. The Labute approximate surface area is 131 Å². The fraction of sp³-hybridized carbons (Fsp3) is 0.357. The number of halogens is 1. The molecule has 1 N–H and O–H groups in total. The van der Waals surface area contributed by atoms with Crippen molar-refractivity contribution in [3.63, 3.8) is 0 Å². The molecule has 0 aliphatic carbocycles. The second-order valence-corrected chi connectivity index (χ2v) is 5.22. The van der Waals surface area contributed by atoms with Gasteiger partial charge in [-0.1, -0.05) is 6.07 Å². The molecule has 0 aromatic carbocycles. The zero-order chi connectivity index (χ0) is 15.1. The van der Waals surface area contributed by atoms with Gasteiger partial charge in [0.15, 0.2) is 0 Å². The molecule has 0 fully saturated rings. The number of pyridine rings is 1. The molecular weight excluding hydrogens is 336 g/mol. The largest absolute Gasteiger partial charge is 0.383 e. The van der Waals surface area contributed by atoms with Crippen LogP contribution in [0.4, 0.5) is 5.69 Å². The molecule has 0 unspecified atom stereocenters.